The van der Waals surface area contributed by atoms with Crippen molar-refractivity contribution in [2.45, 2.75) is 85.0 Å². The van der Waals surface area contributed by atoms with E-state index in [-0.39, 0.29) is 43.5 Å². The molecule has 3 amide bonds. The second-order valence-electron chi connectivity index (χ2n) is 11.1. The summed E-state index contributed by atoms with van der Waals surface area (Å²) in [7, 11) is 0. The molecule has 1 saturated heterocycles. The number of carbonyl (C=O) groups excluding carboxylic acids is 4. The van der Waals surface area contributed by atoms with Crippen LogP contribution in [0.3, 0.4) is 0 Å². The number of aryl methyl sites for hydroxylation is 1. The highest BCUT2D eigenvalue weighted by Crippen LogP contribution is 2.29. The maximum absolute atomic E-state index is 13.6. The fourth-order valence-corrected chi connectivity index (χ4v) is 5.35. The third kappa shape index (κ3) is 7.26. The first-order valence-corrected chi connectivity index (χ1v) is 13.7. The monoisotopic (exact) mass is 542 g/mol. The van der Waals surface area contributed by atoms with Crippen LogP contribution in [-0.4, -0.2) is 63.2 Å². The summed E-state index contributed by atoms with van der Waals surface area (Å²) in [4.78, 5) is 57.4. The Kier molecular flexibility index (Phi) is 9.43. The van der Waals surface area contributed by atoms with Crippen LogP contribution in [0.1, 0.15) is 71.2 Å². The Balaban J connectivity index is 1.71. The molecule has 10 heteroatoms. The first kappa shape index (κ1) is 29.4. The molecule has 2 heterocycles. The number of aliphatic hydroxyl groups excluding tert-OH is 1. The number of hydrogen-bond donors (Lipinski definition) is 3. The largest absolute Gasteiger partial charge is 0.391 e. The summed E-state index contributed by atoms with van der Waals surface area (Å²) in [6, 6.07) is 5.81. The second kappa shape index (κ2) is 12.2. The number of nitrogens with zero attached hydrogens (tertiary/aromatic N) is 2. The molecular formula is C28H38N4O5S. The van der Waals surface area contributed by atoms with Crippen molar-refractivity contribution in [1.29, 1.82) is 0 Å². The lowest BCUT2D eigenvalue weighted by Crippen LogP contribution is -2.57. The number of aliphatic hydroxyl groups is 1. The van der Waals surface area contributed by atoms with E-state index < -0.39 is 35.4 Å². The SMILES string of the molecule is CC(=O)CCC(=O)NC(C(=O)N1C[C@H](O)C[C@H]1C(=O)N[C@@H](C)c1ccc(-c2scnc2C)cc1)C(C)(C)C. The van der Waals surface area contributed by atoms with E-state index in [1.54, 1.807) is 11.3 Å². The number of rotatable bonds is 9. The number of nitrogens with one attached hydrogen (secondary N) is 2. The molecule has 0 spiro atoms. The standard InChI is InChI=1S/C28H38N4O5S/c1-16(33)7-12-23(35)31-25(28(4,5)6)27(37)32-14-21(34)13-22(32)26(36)30-17(2)19-8-10-20(11-9-19)24-18(3)29-15-38-24/h8-11,15,17,21-22,25,34H,7,12-14H2,1-6H3,(H,30,36)(H,31,35)/t17-,21+,22-,25?/m0/s1. The van der Waals surface area contributed by atoms with E-state index in [1.165, 1.54) is 11.8 Å². The number of β-amino-alcohol motifs (C(OH)–C–C–N with tert-alkyl or cyclic N) is 1. The van der Waals surface area contributed by atoms with E-state index in [2.05, 4.69) is 15.6 Å². The molecule has 3 N–H and O–H groups in total. The fourth-order valence-electron chi connectivity index (χ4n) is 4.54. The lowest BCUT2D eigenvalue weighted by atomic mass is 9.85. The molecule has 1 unspecified atom stereocenters. The van der Waals surface area contributed by atoms with Gasteiger partial charge in [0.1, 0.15) is 17.9 Å². The molecule has 1 aliphatic rings. The number of Topliss-reactive ketones (excluding diaryl/α,β-unsaturated/α-hetero) is 1. The molecule has 1 fully saturated rings. The Hall–Kier alpha value is -3.11. The van der Waals surface area contributed by atoms with Gasteiger partial charge in [0.25, 0.3) is 0 Å². The quantitative estimate of drug-likeness (QED) is 0.447. The van der Waals surface area contributed by atoms with Gasteiger partial charge < -0.3 is 25.4 Å². The molecule has 1 aromatic heterocycles. The van der Waals surface area contributed by atoms with Gasteiger partial charge in [0, 0.05) is 25.8 Å². The van der Waals surface area contributed by atoms with Crippen LogP contribution in [0.25, 0.3) is 10.4 Å². The van der Waals surface area contributed by atoms with Gasteiger partial charge >= 0.3 is 0 Å². The molecule has 0 aliphatic carbocycles. The summed E-state index contributed by atoms with van der Waals surface area (Å²) in [5.74, 6) is -1.30. The van der Waals surface area contributed by atoms with Gasteiger partial charge in [0.2, 0.25) is 17.7 Å². The summed E-state index contributed by atoms with van der Waals surface area (Å²) in [6.07, 6.45) is -0.655. The number of amides is 3. The zero-order valence-corrected chi connectivity index (χ0v) is 23.7. The molecule has 2 aromatic rings. The van der Waals surface area contributed by atoms with Crippen molar-refractivity contribution in [2.24, 2.45) is 5.41 Å². The molecule has 1 aromatic carbocycles. The van der Waals surface area contributed by atoms with Crippen LogP contribution in [0, 0.1) is 12.3 Å². The Morgan fingerprint density at radius 2 is 1.79 bits per heavy atom. The lowest BCUT2D eigenvalue weighted by Gasteiger charge is -2.35. The van der Waals surface area contributed by atoms with Gasteiger partial charge in [0.15, 0.2) is 0 Å². The third-order valence-corrected chi connectivity index (χ3v) is 7.74. The Labute approximate surface area is 228 Å². The Bertz CT molecular complexity index is 1170. The van der Waals surface area contributed by atoms with Crippen LogP contribution in [-0.2, 0) is 19.2 Å². The van der Waals surface area contributed by atoms with Gasteiger partial charge in [-0.05, 0) is 37.3 Å². The highest BCUT2D eigenvalue weighted by atomic mass is 32.1. The van der Waals surface area contributed by atoms with Crippen molar-refractivity contribution in [3.8, 4) is 10.4 Å². The molecule has 206 valence electrons. The molecule has 9 nitrogen and oxygen atoms in total. The minimum absolute atomic E-state index is 0.00406. The number of thiazole rings is 1. The van der Waals surface area contributed by atoms with Crippen molar-refractivity contribution in [2.75, 3.05) is 6.54 Å². The predicted molar refractivity (Wildman–Crippen MR) is 146 cm³/mol. The highest BCUT2D eigenvalue weighted by molar-refractivity contribution is 7.13. The molecule has 3 rings (SSSR count). The number of aromatic nitrogens is 1. The zero-order valence-electron chi connectivity index (χ0n) is 22.9. The topological polar surface area (TPSA) is 129 Å². The first-order valence-electron chi connectivity index (χ1n) is 12.9. The van der Waals surface area contributed by atoms with Crippen molar-refractivity contribution in [1.82, 2.24) is 20.5 Å². The summed E-state index contributed by atoms with van der Waals surface area (Å²) >= 11 is 1.58. The van der Waals surface area contributed by atoms with E-state index in [4.69, 9.17) is 0 Å². The molecular weight excluding hydrogens is 504 g/mol. The van der Waals surface area contributed by atoms with Crippen LogP contribution < -0.4 is 10.6 Å². The van der Waals surface area contributed by atoms with Crippen molar-refractivity contribution < 1.29 is 24.3 Å². The molecule has 0 saturated carbocycles. The fraction of sp³-hybridized carbons (Fsp3) is 0.536. The Morgan fingerprint density at radius 3 is 2.34 bits per heavy atom. The number of hydrogen-bond acceptors (Lipinski definition) is 7. The average molecular weight is 543 g/mol. The van der Waals surface area contributed by atoms with Gasteiger partial charge in [-0.1, -0.05) is 45.0 Å². The Morgan fingerprint density at radius 1 is 1.13 bits per heavy atom. The van der Waals surface area contributed by atoms with Crippen LogP contribution >= 0.6 is 11.3 Å². The van der Waals surface area contributed by atoms with Crippen LogP contribution in [0.2, 0.25) is 0 Å². The maximum Gasteiger partial charge on any atom is 0.246 e. The van der Waals surface area contributed by atoms with Crippen LogP contribution in [0.15, 0.2) is 29.8 Å². The number of benzene rings is 1. The number of carbonyl (C=O) groups is 4. The van der Waals surface area contributed by atoms with Gasteiger partial charge in [-0.3, -0.25) is 14.4 Å². The third-order valence-electron chi connectivity index (χ3n) is 6.76. The van der Waals surface area contributed by atoms with E-state index in [0.717, 1.165) is 21.7 Å². The highest BCUT2D eigenvalue weighted by Gasteiger charge is 2.44. The molecule has 0 bridgehead atoms. The summed E-state index contributed by atoms with van der Waals surface area (Å²) in [6.45, 7) is 10.7. The minimum atomic E-state index is -0.914. The van der Waals surface area contributed by atoms with E-state index >= 15 is 0 Å². The second-order valence-corrected chi connectivity index (χ2v) is 11.9. The van der Waals surface area contributed by atoms with Gasteiger partial charge in [-0.15, -0.1) is 11.3 Å². The van der Waals surface area contributed by atoms with E-state index in [1.807, 2.05) is 64.4 Å². The summed E-state index contributed by atoms with van der Waals surface area (Å²) < 4.78 is 0. The van der Waals surface area contributed by atoms with Gasteiger partial charge in [0.05, 0.1) is 28.2 Å². The molecule has 4 atom stereocenters. The van der Waals surface area contributed by atoms with Gasteiger partial charge in [-0.2, -0.15) is 0 Å². The molecule has 0 radical (unpaired) electrons. The minimum Gasteiger partial charge on any atom is -0.391 e. The zero-order chi connectivity index (χ0) is 28.2. The summed E-state index contributed by atoms with van der Waals surface area (Å²) in [5.41, 5.74) is 4.10. The number of ketones is 1. The summed E-state index contributed by atoms with van der Waals surface area (Å²) in [5, 5.41) is 16.1. The molecule has 38 heavy (non-hydrogen) atoms. The average Bonchev–Trinajstić information content (AvgIpc) is 3.45. The van der Waals surface area contributed by atoms with Crippen LogP contribution in [0.5, 0.6) is 0 Å². The smallest absolute Gasteiger partial charge is 0.246 e. The predicted octanol–water partition coefficient (Wildman–Crippen LogP) is 3.16. The number of likely N-dealkylation sites (tertiary alicyclic amines) is 1. The van der Waals surface area contributed by atoms with Crippen molar-refractivity contribution in [3.63, 3.8) is 0 Å². The van der Waals surface area contributed by atoms with Crippen molar-refractivity contribution >= 4 is 34.8 Å². The van der Waals surface area contributed by atoms with Gasteiger partial charge in [-0.25, -0.2) is 4.98 Å². The van der Waals surface area contributed by atoms with E-state index in [0.29, 0.717) is 0 Å². The first-order chi connectivity index (χ1) is 17.8. The normalized spacial score (nSPS) is 19.1. The van der Waals surface area contributed by atoms with E-state index in [9.17, 15) is 24.3 Å². The van der Waals surface area contributed by atoms with Crippen molar-refractivity contribution in [3.05, 3.63) is 41.0 Å². The maximum atomic E-state index is 13.6. The lowest BCUT2D eigenvalue weighted by molar-refractivity contribution is -0.144. The molecule has 1 aliphatic heterocycles. The van der Waals surface area contributed by atoms with Crippen LogP contribution in [0.4, 0.5) is 0 Å².